The van der Waals surface area contributed by atoms with Crippen LogP contribution in [0.1, 0.15) is 0 Å². The molecule has 8 nitrogen and oxygen atoms in total. The third-order valence-electron chi connectivity index (χ3n) is 4.37. The van der Waals surface area contributed by atoms with E-state index < -0.39 is 4.92 Å². The second kappa shape index (κ2) is 6.00. The molecule has 0 atom stereocenters. The number of hydrogen-bond donors (Lipinski definition) is 0. The molecule has 1 aromatic heterocycles. The van der Waals surface area contributed by atoms with Crippen LogP contribution in [0.3, 0.4) is 0 Å². The number of nitro benzene ring substituents is 1. The summed E-state index contributed by atoms with van der Waals surface area (Å²) < 4.78 is 17.7. The number of nitro groups is 1. The summed E-state index contributed by atoms with van der Waals surface area (Å²) >= 11 is 0. The van der Waals surface area contributed by atoms with Crippen molar-refractivity contribution in [1.82, 2.24) is 10.3 Å². The molecule has 4 rings (SSSR count). The van der Waals surface area contributed by atoms with Crippen LogP contribution in [0.15, 0.2) is 41.0 Å². The molecule has 9 heteroatoms. The van der Waals surface area contributed by atoms with Gasteiger partial charge in [0, 0.05) is 31.9 Å². The molecule has 1 fully saturated rings. The molecule has 0 radical (unpaired) electrons. The van der Waals surface area contributed by atoms with Gasteiger partial charge in [-0.25, -0.2) is 9.02 Å². The summed E-state index contributed by atoms with van der Waals surface area (Å²) in [5, 5.41) is 18.8. The van der Waals surface area contributed by atoms with Gasteiger partial charge in [0.05, 0.1) is 4.92 Å². The second-order valence-corrected chi connectivity index (χ2v) is 5.77. The van der Waals surface area contributed by atoms with Gasteiger partial charge in [0.2, 0.25) is 5.52 Å². The monoisotopic (exact) mass is 343 g/mol. The highest BCUT2D eigenvalue weighted by atomic mass is 19.1. The molecule has 1 saturated heterocycles. The lowest BCUT2D eigenvalue weighted by molar-refractivity contribution is -0.382. The fourth-order valence-electron chi connectivity index (χ4n) is 3.12. The van der Waals surface area contributed by atoms with E-state index in [1.807, 2.05) is 4.90 Å². The zero-order valence-corrected chi connectivity index (χ0v) is 13.1. The minimum Gasteiger partial charge on any atom is -0.368 e. The number of anilines is 2. The van der Waals surface area contributed by atoms with Gasteiger partial charge >= 0.3 is 5.69 Å². The summed E-state index contributed by atoms with van der Waals surface area (Å²) in [5.74, 6) is -0.271. The van der Waals surface area contributed by atoms with Crippen LogP contribution in [0.2, 0.25) is 0 Å². The van der Waals surface area contributed by atoms with Gasteiger partial charge in [-0.1, -0.05) is 0 Å². The van der Waals surface area contributed by atoms with Gasteiger partial charge in [0.1, 0.15) is 17.0 Å². The normalized spacial score (nSPS) is 14.9. The van der Waals surface area contributed by atoms with Gasteiger partial charge in [-0.05, 0) is 46.7 Å². The molecule has 2 aromatic carbocycles. The molecule has 0 unspecified atom stereocenters. The van der Waals surface area contributed by atoms with E-state index in [0.717, 1.165) is 5.69 Å². The Bertz CT molecular complexity index is 919. The van der Waals surface area contributed by atoms with Crippen molar-refractivity contribution in [1.29, 1.82) is 0 Å². The smallest absolute Gasteiger partial charge is 0.323 e. The van der Waals surface area contributed by atoms with Crippen molar-refractivity contribution in [2.45, 2.75) is 0 Å². The number of halogens is 1. The van der Waals surface area contributed by atoms with Gasteiger partial charge in [0.15, 0.2) is 0 Å². The van der Waals surface area contributed by atoms with E-state index in [-0.39, 0.29) is 17.0 Å². The highest BCUT2D eigenvalue weighted by Crippen LogP contribution is 2.35. The Hall–Kier alpha value is -3.23. The number of hydrogen-bond acceptors (Lipinski definition) is 7. The van der Waals surface area contributed by atoms with Crippen molar-refractivity contribution in [3.8, 4) is 0 Å². The molecular weight excluding hydrogens is 329 g/mol. The molecule has 3 aromatic rings. The van der Waals surface area contributed by atoms with Gasteiger partial charge in [-0.2, -0.15) is 0 Å². The molecule has 2 heterocycles. The van der Waals surface area contributed by atoms with Gasteiger partial charge in [0.25, 0.3) is 0 Å². The Balaban J connectivity index is 1.58. The lowest BCUT2D eigenvalue weighted by atomic mass is 10.1. The molecule has 0 amide bonds. The Kier molecular flexibility index (Phi) is 3.68. The van der Waals surface area contributed by atoms with Crippen molar-refractivity contribution in [2.75, 3.05) is 36.0 Å². The zero-order chi connectivity index (χ0) is 17.4. The van der Waals surface area contributed by atoms with Crippen molar-refractivity contribution in [3.63, 3.8) is 0 Å². The quantitative estimate of drug-likeness (QED) is 0.533. The molecular formula is C16H14FN5O3. The third kappa shape index (κ3) is 2.73. The number of rotatable bonds is 3. The second-order valence-electron chi connectivity index (χ2n) is 5.77. The van der Waals surface area contributed by atoms with Crippen LogP contribution in [-0.2, 0) is 0 Å². The van der Waals surface area contributed by atoms with Crippen LogP contribution < -0.4 is 9.80 Å². The first-order chi connectivity index (χ1) is 12.1. The highest BCUT2D eigenvalue weighted by Gasteiger charge is 2.28. The third-order valence-corrected chi connectivity index (χ3v) is 4.37. The molecule has 0 N–H and O–H groups in total. The molecule has 1 aliphatic heterocycles. The van der Waals surface area contributed by atoms with Crippen LogP contribution in [0.4, 0.5) is 21.5 Å². The fourth-order valence-corrected chi connectivity index (χ4v) is 3.12. The SMILES string of the molecule is O=[N+]([O-])c1c(N2CCN(c3ccc(F)cc3)CC2)ccc2nonc12. The standard InChI is InChI=1S/C16H14FN5O3/c17-11-1-3-12(4-2-11)20-7-9-21(10-8-20)14-6-5-13-15(19-25-18-13)16(14)22(23)24/h1-6H,7-10H2. The Morgan fingerprint density at radius 2 is 1.68 bits per heavy atom. The predicted molar refractivity (Wildman–Crippen MR) is 89.3 cm³/mol. The van der Waals surface area contributed by atoms with Gasteiger partial charge in [-0.3, -0.25) is 10.1 Å². The summed E-state index contributed by atoms with van der Waals surface area (Å²) in [4.78, 5) is 15.1. The molecule has 25 heavy (non-hydrogen) atoms. The maximum absolute atomic E-state index is 13.0. The lowest BCUT2D eigenvalue weighted by Gasteiger charge is -2.37. The van der Waals surface area contributed by atoms with Crippen molar-refractivity contribution in [2.24, 2.45) is 0 Å². The lowest BCUT2D eigenvalue weighted by Crippen LogP contribution is -2.46. The maximum Gasteiger partial charge on any atom is 0.323 e. The molecule has 0 saturated carbocycles. The number of piperazine rings is 1. The number of aromatic nitrogens is 2. The topological polar surface area (TPSA) is 88.5 Å². The number of nitrogens with zero attached hydrogens (tertiary/aromatic N) is 5. The van der Waals surface area contributed by atoms with Gasteiger partial charge in [-0.15, -0.1) is 0 Å². The average Bonchev–Trinajstić information content (AvgIpc) is 3.10. The van der Waals surface area contributed by atoms with Crippen LogP contribution in [0, 0.1) is 15.9 Å². The van der Waals surface area contributed by atoms with Gasteiger partial charge < -0.3 is 9.80 Å². The van der Waals surface area contributed by atoms with Crippen molar-refractivity contribution in [3.05, 3.63) is 52.3 Å². The summed E-state index contributed by atoms with van der Waals surface area (Å²) in [7, 11) is 0. The van der Waals surface area contributed by atoms with E-state index in [4.69, 9.17) is 0 Å². The van der Waals surface area contributed by atoms with Crippen LogP contribution in [0.5, 0.6) is 0 Å². The van der Waals surface area contributed by atoms with E-state index >= 15 is 0 Å². The first kappa shape index (κ1) is 15.3. The Labute approximate surface area is 141 Å². The van der Waals surface area contributed by atoms with Crippen LogP contribution >= 0.6 is 0 Å². The summed E-state index contributed by atoms with van der Waals surface area (Å²) in [6, 6.07) is 9.68. The van der Waals surface area contributed by atoms with E-state index in [2.05, 4.69) is 19.8 Å². The van der Waals surface area contributed by atoms with E-state index in [1.54, 1.807) is 24.3 Å². The minimum atomic E-state index is -0.450. The van der Waals surface area contributed by atoms with Crippen LogP contribution in [-0.4, -0.2) is 41.4 Å². The fraction of sp³-hybridized carbons (Fsp3) is 0.250. The van der Waals surface area contributed by atoms with Crippen molar-refractivity contribution < 1.29 is 13.9 Å². The predicted octanol–water partition coefficient (Wildman–Crippen LogP) is 2.60. The van der Waals surface area contributed by atoms with Crippen molar-refractivity contribution >= 4 is 28.1 Å². The van der Waals surface area contributed by atoms with Crippen LogP contribution in [0.25, 0.3) is 11.0 Å². The Morgan fingerprint density at radius 3 is 2.36 bits per heavy atom. The number of fused-ring (bicyclic) bond motifs is 1. The first-order valence-electron chi connectivity index (χ1n) is 7.78. The van der Waals surface area contributed by atoms with E-state index in [0.29, 0.717) is 37.4 Å². The average molecular weight is 343 g/mol. The number of benzene rings is 2. The maximum atomic E-state index is 13.0. The van der Waals surface area contributed by atoms with E-state index in [1.165, 1.54) is 12.1 Å². The summed E-state index contributed by atoms with van der Waals surface area (Å²) in [6.07, 6.45) is 0. The molecule has 0 aliphatic carbocycles. The first-order valence-corrected chi connectivity index (χ1v) is 7.78. The van der Waals surface area contributed by atoms with E-state index in [9.17, 15) is 14.5 Å². The molecule has 0 spiro atoms. The molecule has 0 bridgehead atoms. The molecule has 1 aliphatic rings. The Morgan fingerprint density at radius 1 is 1.00 bits per heavy atom. The summed E-state index contributed by atoms with van der Waals surface area (Å²) in [6.45, 7) is 2.57. The zero-order valence-electron chi connectivity index (χ0n) is 13.1. The highest BCUT2D eigenvalue weighted by molar-refractivity contribution is 5.91. The molecule has 128 valence electrons. The largest absolute Gasteiger partial charge is 0.368 e. The summed E-state index contributed by atoms with van der Waals surface area (Å²) in [5.41, 5.74) is 1.87. The minimum absolute atomic E-state index is 0.0889.